The Labute approximate surface area is 117 Å². The number of carbonyl (C=O) groups excluding carboxylic acids is 1. The highest BCUT2D eigenvalue weighted by Crippen LogP contribution is 1.94. The smallest absolute Gasteiger partial charge is 0.325 e. The molecule has 0 saturated heterocycles. The van der Waals surface area contributed by atoms with Crippen LogP contribution in [-0.4, -0.2) is 34.9 Å². The van der Waals surface area contributed by atoms with Gasteiger partial charge in [-0.2, -0.15) is 5.10 Å². The van der Waals surface area contributed by atoms with Gasteiger partial charge in [0.15, 0.2) is 5.11 Å². The summed E-state index contributed by atoms with van der Waals surface area (Å²) in [6.45, 7) is 3.91. The van der Waals surface area contributed by atoms with Gasteiger partial charge in [-0.1, -0.05) is 6.07 Å². The molecule has 1 heterocycles. The third-order valence-electron chi connectivity index (χ3n) is 2.06. The minimum absolute atomic E-state index is 0.0117. The van der Waals surface area contributed by atoms with Crippen molar-refractivity contribution in [2.45, 2.75) is 13.8 Å². The van der Waals surface area contributed by atoms with E-state index in [-0.39, 0.29) is 17.6 Å². The molecule has 0 radical (unpaired) electrons. The minimum Gasteiger partial charge on any atom is -0.465 e. The van der Waals surface area contributed by atoms with Gasteiger partial charge in [0.1, 0.15) is 6.54 Å². The Morgan fingerprint density at radius 1 is 1.53 bits per heavy atom. The van der Waals surface area contributed by atoms with Crippen molar-refractivity contribution in [3.8, 4) is 0 Å². The summed E-state index contributed by atoms with van der Waals surface area (Å²) in [4.78, 5) is 15.2. The Morgan fingerprint density at radius 2 is 2.32 bits per heavy atom. The van der Waals surface area contributed by atoms with Gasteiger partial charge in [-0.3, -0.25) is 15.2 Å². The zero-order valence-electron chi connectivity index (χ0n) is 10.8. The molecule has 0 aromatic carbocycles. The number of hydrazone groups is 1. The molecule has 0 spiro atoms. The Hall–Kier alpha value is -2.02. The van der Waals surface area contributed by atoms with Crippen molar-refractivity contribution < 1.29 is 9.53 Å². The molecule has 1 aromatic rings. The maximum atomic E-state index is 11.1. The molecule has 7 heteroatoms. The van der Waals surface area contributed by atoms with Crippen LogP contribution in [0.1, 0.15) is 19.5 Å². The first-order valence-electron chi connectivity index (χ1n) is 5.78. The van der Waals surface area contributed by atoms with E-state index in [1.54, 1.807) is 13.1 Å². The Morgan fingerprint density at radius 3 is 2.95 bits per heavy atom. The van der Waals surface area contributed by atoms with E-state index in [1.165, 1.54) is 0 Å². The molecular weight excluding hydrogens is 264 g/mol. The summed E-state index contributed by atoms with van der Waals surface area (Å²) >= 11 is 4.97. The molecule has 0 amide bonds. The summed E-state index contributed by atoms with van der Waals surface area (Å²) in [5.74, 6) is -0.364. The van der Waals surface area contributed by atoms with E-state index >= 15 is 0 Å². The van der Waals surface area contributed by atoms with Gasteiger partial charge in [0, 0.05) is 6.20 Å². The predicted molar refractivity (Wildman–Crippen MR) is 76.8 cm³/mol. The fraction of sp³-hybridized carbons (Fsp3) is 0.333. The van der Waals surface area contributed by atoms with Crippen LogP contribution in [0.3, 0.4) is 0 Å². The largest absolute Gasteiger partial charge is 0.465 e. The monoisotopic (exact) mass is 280 g/mol. The number of nitrogens with one attached hydrogen (secondary N) is 2. The van der Waals surface area contributed by atoms with Crippen LogP contribution in [0, 0.1) is 0 Å². The third-order valence-corrected chi connectivity index (χ3v) is 2.29. The number of thiocarbonyl (C=S) groups is 1. The molecule has 19 heavy (non-hydrogen) atoms. The first-order chi connectivity index (χ1) is 9.13. The van der Waals surface area contributed by atoms with E-state index in [1.807, 2.05) is 25.1 Å². The maximum Gasteiger partial charge on any atom is 0.325 e. The van der Waals surface area contributed by atoms with Crippen LogP contribution in [0.4, 0.5) is 0 Å². The molecule has 0 saturated carbocycles. The molecule has 0 unspecified atom stereocenters. The molecular formula is C12H16N4O2S. The van der Waals surface area contributed by atoms with Crippen molar-refractivity contribution >= 4 is 29.0 Å². The molecule has 0 aliphatic rings. The number of aromatic nitrogens is 1. The molecule has 6 nitrogen and oxygen atoms in total. The second-order valence-corrected chi connectivity index (χ2v) is 3.92. The Bertz CT molecular complexity index is 462. The summed E-state index contributed by atoms with van der Waals surface area (Å²) in [5, 5.41) is 7.01. The zero-order valence-corrected chi connectivity index (χ0v) is 11.7. The van der Waals surface area contributed by atoms with Crippen LogP contribution in [-0.2, 0) is 9.53 Å². The van der Waals surface area contributed by atoms with Gasteiger partial charge in [-0.05, 0) is 38.2 Å². The van der Waals surface area contributed by atoms with Crippen LogP contribution >= 0.6 is 12.2 Å². The van der Waals surface area contributed by atoms with Crippen LogP contribution < -0.4 is 10.7 Å². The van der Waals surface area contributed by atoms with Crippen LogP contribution in [0.25, 0.3) is 0 Å². The van der Waals surface area contributed by atoms with Crippen molar-refractivity contribution in [3.63, 3.8) is 0 Å². The highest BCUT2D eigenvalue weighted by atomic mass is 32.1. The lowest BCUT2D eigenvalue weighted by molar-refractivity contribution is -0.141. The van der Waals surface area contributed by atoms with Gasteiger partial charge >= 0.3 is 5.97 Å². The second-order valence-electron chi connectivity index (χ2n) is 3.51. The number of rotatable bonds is 5. The maximum absolute atomic E-state index is 11.1. The second kappa shape index (κ2) is 8.15. The highest BCUT2D eigenvalue weighted by Gasteiger charge is 2.02. The number of nitrogens with zero attached hydrogens (tertiary/aromatic N) is 2. The molecule has 0 fully saturated rings. The van der Waals surface area contributed by atoms with Crippen molar-refractivity contribution in [1.82, 2.24) is 15.7 Å². The summed E-state index contributed by atoms with van der Waals surface area (Å²) in [6, 6.07) is 5.55. The van der Waals surface area contributed by atoms with Gasteiger partial charge in [0.25, 0.3) is 0 Å². The van der Waals surface area contributed by atoms with Crippen LogP contribution in [0.5, 0.6) is 0 Å². The molecule has 1 aromatic heterocycles. The summed E-state index contributed by atoms with van der Waals surface area (Å²) in [5.41, 5.74) is 4.09. The first-order valence-corrected chi connectivity index (χ1v) is 6.19. The zero-order chi connectivity index (χ0) is 14.1. The molecule has 0 aliphatic carbocycles. The van der Waals surface area contributed by atoms with Crippen molar-refractivity contribution in [1.29, 1.82) is 0 Å². The fourth-order valence-electron chi connectivity index (χ4n) is 1.17. The van der Waals surface area contributed by atoms with Gasteiger partial charge in [-0.25, -0.2) is 0 Å². The number of esters is 1. The first kappa shape index (κ1) is 15.0. The van der Waals surface area contributed by atoms with Crippen molar-refractivity contribution in [2.24, 2.45) is 5.10 Å². The van der Waals surface area contributed by atoms with Crippen molar-refractivity contribution in [2.75, 3.05) is 13.2 Å². The van der Waals surface area contributed by atoms with E-state index in [2.05, 4.69) is 20.8 Å². The molecule has 2 N–H and O–H groups in total. The molecule has 102 valence electrons. The topological polar surface area (TPSA) is 75.6 Å². The lowest BCUT2D eigenvalue weighted by Crippen LogP contribution is -2.36. The van der Waals surface area contributed by atoms with E-state index in [9.17, 15) is 4.79 Å². The van der Waals surface area contributed by atoms with Gasteiger partial charge < -0.3 is 10.1 Å². The third kappa shape index (κ3) is 5.91. The SMILES string of the molecule is CCOC(=O)CNC(=S)N/N=C(\C)c1ccccn1. The van der Waals surface area contributed by atoms with E-state index in [0.717, 1.165) is 5.69 Å². The quantitative estimate of drug-likeness (QED) is 0.360. The predicted octanol–water partition coefficient (Wildman–Crippen LogP) is 0.833. The summed E-state index contributed by atoms with van der Waals surface area (Å²) < 4.78 is 4.75. The molecule has 1 rings (SSSR count). The summed E-state index contributed by atoms with van der Waals surface area (Å²) in [6.07, 6.45) is 1.69. The standard InChI is InChI=1S/C12H16N4O2S/c1-3-18-11(17)8-14-12(19)16-15-9(2)10-6-4-5-7-13-10/h4-7H,3,8H2,1-2H3,(H2,14,16,19)/b15-9+. The number of carbonyl (C=O) groups is 1. The normalized spacial score (nSPS) is 10.7. The van der Waals surface area contributed by atoms with E-state index in [4.69, 9.17) is 17.0 Å². The van der Waals surface area contributed by atoms with E-state index < -0.39 is 0 Å². The highest BCUT2D eigenvalue weighted by molar-refractivity contribution is 7.80. The lowest BCUT2D eigenvalue weighted by atomic mass is 10.3. The molecule has 0 bridgehead atoms. The van der Waals surface area contributed by atoms with Gasteiger partial charge in [-0.15, -0.1) is 0 Å². The van der Waals surface area contributed by atoms with Gasteiger partial charge in [0.05, 0.1) is 18.0 Å². The fourth-order valence-corrected chi connectivity index (χ4v) is 1.29. The lowest BCUT2D eigenvalue weighted by Gasteiger charge is -2.07. The van der Waals surface area contributed by atoms with E-state index in [0.29, 0.717) is 12.3 Å². The van der Waals surface area contributed by atoms with Crippen LogP contribution in [0.15, 0.2) is 29.5 Å². The Balaban J connectivity index is 2.39. The average molecular weight is 280 g/mol. The van der Waals surface area contributed by atoms with Crippen LogP contribution in [0.2, 0.25) is 0 Å². The van der Waals surface area contributed by atoms with Gasteiger partial charge in [0.2, 0.25) is 0 Å². The average Bonchev–Trinajstić information content (AvgIpc) is 2.44. The number of hydrogen-bond donors (Lipinski definition) is 2. The Kier molecular flexibility index (Phi) is 6.45. The minimum atomic E-state index is -0.364. The van der Waals surface area contributed by atoms with Crippen molar-refractivity contribution in [3.05, 3.63) is 30.1 Å². The molecule has 0 aliphatic heterocycles. The number of pyridine rings is 1. The molecule has 0 atom stereocenters. The number of hydrogen-bond acceptors (Lipinski definition) is 5. The number of ether oxygens (including phenoxy) is 1. The summed E-state index contributed by atoms with van der Waals surface area (Å²) in [7, 11) is 0.